The number of rotatable bonds is 1. The number of aliphatic imine (C=N–C) groups is 1. The molecule has 0 saturated carbocycles. The van der Waals surface area contributed by atoms with Crippen LogP contribution in [0.25, 0.3) is 0 Å². The van der Waals surface area contributed by atoms with Crippen LogP contribution < -0.4 is 0 Å². The predicted octanol–water partition coefficient (Wildman–Crippen LogP) is 7.65. The van der Waals surface area contributed by atoms with Crippen LogP contribution in [0.5, 0.6) is 0 Å². The van der Waals surface area contributed by atoms with Crippen LogP contribution in [0, 0.1) is 35.0 Å². The monoisotopic (exact) mass is 651 g/mol. The third kappa shape index (κ3) is 6.48. The normalized spacial score (nSPS) is 48.0. The number of aliphatic hydroxyl groups excluding tert-OH is 1. The number of carbonyl (C=O) groups is 1. The van der Waals surface area contributed by atoms with Gasteiger partial charge in [-0.2, -0.15) is 0 Å². The van der Waals surface area contributed by atoms with Gasteiger partial charge < -0.3 is 24.4 Å². The van der Waals surface area contributed by atoms with Crippen LogP contribution in [0.4, 0.5) is 0 Å². The molecule has 7 heteroatoms. The summed E-state index contributed by atoms with van der Waals surface area (Å²) in [6.07, 6.45) is 10.9. The van der Waals surface area contributed by atoms with Crippen LogP contribution in [0.2, 0.25) is 0 Å². The first-order valence-corrected chi connectivity index (χ1v) is 18.7. The van der Waals surface area contributed by atoms with Crippen molar-refractivity contribution in [2.24, 2.45) is 40.0 Å². The molecule has 0 unspecified atom stereocenters. The quantitative estimate of drug-likeness (QED) is 0.223. The number of hydrogen-bond donors (Lipinski definition) is 2. The van der Waals surface area contributed by atoms with Crippen LogP contribution in [-0.2, 0) is 19.0 Å². The number of aliphatic hydroxyl groups is 2. The van der Waals surface area contributed by atoms with Crippen LogP contribution in [-0.4, -0.2) is 64.2 Å². The summed E-state index contributed by atoms with van der Waals surface area (Å²) in [4.78, 5) is 18.0. The number of carbonyl (C=O) groups excluding carboxylic acids is 1. The summed E-state index contributed by atoms with van der Waals surface area (Å²) in [5, 5.41) is 23.4. The van der Waals surface area contributed by atoms with Gasteiger partial charge in [0.05, 0.1) is 24.2 Å². The molecule has 7 nitrogen and oxygen atoms in total. The maximum atomic E-state index is 12.5. The van der Waals surface area contributed by atoms with Crippen molar-refractivity contribution in [3.05, 3.63) is 34.9 Å². The molecule has 0 radical (unpaired) electrons. The fourth-order valence-corrected chi connectivity index (χ4v) is 9.93. The average Bonchev–Trinajstić information content (AvgIpc) is 3.47. The highest BCUT2D eigenvalue weighted by molar-refractivity contribution is 5.92. The van der Waals surface area contributed by atoms with E-state index < -0.39 is 17.5 Å². The van der Waals surface area contributed by atoms with Gasteiger partial charge in [-0.15, -0.1) is 0 Å². The second kappa shape index (κ2) is 13.2. The van der Waals surface area contributed by atoms with E-state index in [4.69, 9.17) is 19.2 Å². The number of fused-ring (bicyclic) bond motifs is 2. The van der Waals surface area contributed by atoms with Crippen molar-refractivity contribution >= 4 is 11.7 Å². The maximum Gasteiger partial charge on any atom is 0.309 e. The van der Waals surface area contributed by atoms with Crippen molar-refractivity contribution in [1.29, 1.82) is 0 Å². The molecule has 3 saturated heterocycles. The number of esters is 1. The maximum absolute atomic E-state index is 12.5. The van der Waals surface area contributed by atoms with E-state index in [0.717, 1.165) is 69.9 Å². The molecule has 6 rings (SSSR count). The van der Waals surface area contributed by atoms with E-state index in [0.29, 0.717) is 31.1 Å². The van der Waals surface area contributed by atoms with Crippen LogP contribution >= 0.6 is 0 Å². The van der Waals surface area contributed by atoms with Gasteiger partial charge in [0.2, 0.25) is 0 Å². The molecule has 3 fully saturated rings. The van der Waals surface area contributed by atoms with E-state index in [9.17, 15) is 15.0 Å². The Morgan fingerprint density at radius 3 is 2.47 bits per heavy atom. The van der Waals surface area contributed by atoms with Crippen molar-refractivity contribution in [2.45, 2.75) is 161 Å². The Labute approximate surface area is 283 Å². The third-order valence-electron chi connectivity index (χ3n) is 13.4. The Morgan fingerprint density at radius 2 is 1.74 bits per heavy atom. The molecule has 0 amide bonds. The Kier molecular flexibility index (Phi) is 9.80. The van der Waals surface area contributed by atoms with Crippen molar-refractivity contribution in [3.63, 3.8) is 0 Å². The zero-order valence-electron chi connectivity index (χ0n) is 30.1. The second-order valence-corrected chi connectivity index (χ2v) is 17.0. The van der Waals surface area contributed by atoms with Crippen molar-refractivity contribution < 1.29 is 29.2 Å². The van der Waals surface area contributed by atoms with E-state index in [1.807, 2.05) is 13.8 Å². The molecule has 5 aliphatic heterocycles. The van der Waals surface area contributed by atoms with Gasteiger partial charge in [0.1, 0.15) is 11.7 Å². The first-order chi connectivity index (χ1) is 22.1. The van der Waals surface area contributed by atoms with Crippen LogP contribution in [0.1, 0.15) is 126 Å². The highest BCUT2D eigenvalue weighted by Crippen LogP contribution is 2.55. The highest BCUT2D eigenvalue weighted by Gasteiger charge is 2.60. The zero-order valence-corrected chi connectivity index (χ0v) is 30.1. The van der Waals surface area contributed by atoms with Gasteiger partial charge in [-0.1, -0.05) is 51.5 Å². The molecule has 2 N–H and O–H groups in total. The number of hydrogen-bond acceptors (Lipinski definition) is 7. The van der Waals surface area contributed by atoms with Gasteiger partial charge in [-0.3, -0.25) is 9.79 Å². The fourth-order valence-electron chi connectivity index (χ4n) is 9.93. The summed E-state index contributed by atoms with van der Waals surface area (Å²) in [6, 6.07) is 0. The molecule has 6 aliphatic rings. The van der Waals surface area contributed by atoms with Crippen molar-refractivity contribution in [1.82, 2.24) is 0 Å². The standard InChI is InChI=1S/C40H61NO6/c1-23-10-9-11-36-39(20-26(4)28(6)22-41-36)15-13-31(35-18-25(3)37(43)45-35)29(7)32(39)17-24(2)33(42)19-34-27(5)21-40(47-34)38(8,44)14-12-30(16-23)46-40/h17,25-28,30,32-35,42,44H,1,9-16,18-22H2,2-8H3/b24-17-/t25-,26+,27-,28+,30+,32+,33+,34-,35+,38-,39-,40-/m1/s1. The molecule has 0 aromatic rings. The summed E-state index contributed by atoms with van der Waals surface area (Å²) in [5.41, 5.74) is 4.76. The molecule has 262 valence electrons. The van der Waals surface area contributed by atoms with E-state index in [1.165, 1.54) is 22.4 Å². The lowest BCUT2D eigenvalue weighted by Crippen LogP contribution is -2.59. The number of ether oxygens (including phenoxy) is 3. The van der Waals surface area contributed by atoms with Crippen LogP contribution in [0.3, 0.4) is 0 Å². The van der Waals surface area contributed by atoms with Gasteiger partial charge in [-0.05, 0) is 107 Å². The summed E-state index contributed by atoms with van der Waals surface area (Å²) >= 11 is 0. The molecule has 1 aliphatic carbocycles. The predicted molar refractivity (Wildman–Crippen MR) is 185 cm³/mol. The third-order valence-corrected chi connectivity index (χ3v) is 13.4. The minimum absolute atomic E-state index is 0.0412. The Hall–Kier alpha value is -1.80. The van der Waals surface area contributed by atoms with E-state index in [2.05, 4.69) is 47.3 Å². The van der Waals surface area contributed by atoms with Gasteiger partial charge in [0.25, 0.3) is 0 Å². The van der Waals surface area contributed by atoms with Gasteiger partial charge in [0, 0.05) is 42.9 Å². The zero-order chi connectivity index (χ0) is 33.9. The topological polar surface area (TPSA) is 97.6 Å². The molecule has 0 aromatic heterocycles. The average molecular weight is 652 g/mol. The van der Waals surface area contributed by atoms with Crippen molar-refractivity contribution in [3.8, 4) is 0 Å². The number of nitrogens with zero attached hydrogens (tertiary/aromatic N) is 1. The molecule has 0 aromatic carbocycles. The highest BCUT2D eigenvalue weighted by atomic mass is 16.7. The molecule has 5 heterocycles. The second-order valence-electron chi connectivity index (χ2n) is 17.0. The summed E-state index contributed by atoms with van der Waals surface area (Å²) in [7, 11) is 0. The van der Waals surface area contributed by atoms with Gasteiger partial charge in [0.15, 0.2) is 5.79 Å². The van der Waals surface area contributed by atoms with Crippen LogP contribution in [0.15, 0.2) is 39.9 Å². The van der Waals surface area contributed by atoms with Gasteiger partial charge in [-0.25, -0.2) is 0 Å². The first-order valence-electron chi connectivity index (χ1n) is 18.7. The first kappa shape index (κ1) is 35.0. The van der Waals surface area contributed by atoms with E-state index in [-0.39, 0.29) is 47.4 Å². The molecular weight excluding hydrogens is 590 g/mol. The fraction of sp³-hybridized carbons (Fsp3) is 0.800. The molecule has 12 atom stereocenters. The smallest absolute Gasteiger partial charge is 0.309 e. The Balaban J connectivity index is 1.42. The Morgan fingerprint density at radius 1 is 0.979 bits per heavy atom. The lowest BCUT2D eigenvalue weighted by molar-refractivity contribution is -0.345. The lowest BCUT2D eigenvalue weighted by Gasteiger charge is -2.48. The minimum Gasteiger partial charge on any atom is -0.458 e. The molecular formula is C40H61NO6. The molecule has 2 spiro atoms. The SMILES string of the molecule is C=C1CCCC2=NC[C@H](C)[C@@H](C)C[C@@]23CCC([C@@H]2C[C@@H](C)C(=O)O2)=C(C)[C@@H]3/C=C(/C)[C@@H](O)C[C@H]2O[C@@]3(C[C@H]2C)O[C@@H](CC[C@@]3(C)O)C1. The number of allylic oxidation sites excluding steroid dienone is 2. The summed E-state index contributed by atoms with van der Waals surface area (Å²) in [5.74, 6) is -0.0644. The Bertz CT molecular complexity index is 1330. The molecule has 47 heavy (non-hydrogen) atoms. The largest absolute Gasteiger partial charge is 0.458 e. The minimum atomic E-state index is -1.10. The molecule has 3 bridgehead atoms. The number of cyclic esters (lactones) is 1. The van der Waals surface area contributed by atoms with E-state index >= 15 is 0 Å². The summed E-state index contributed by atoms with van der Waals surface area (Å²) < 4.78 is 19.4. The van der Waals surface area contributed by atoms with Crippen molar-refractivity contribution in [2.75, 3.05) is 6.54 Å². The lowest BCUT2D eigenvalue weighted by atomic mass is 9.56. The summed E-state index contributed by atoms with van der Waals surface area (Å²) in [6.45, 7) is 20.4. The van der Waals surface area contributed by atoms with E-state index in [1.54, 1.807) is 0 Å². The van der Waals surface area contributed by atoms with Gasteiger partial charge >= 0.3 is 5.97 Å².